The molecular weight excluding hydrogens is 383 g/mol. The van der Waals surface area contributed by atoms with E-state index in [-0.39, 0.29) is 12.3 Å². The van der Waals surface area contributed by atoms with E-state index >= 15 is 0 Å². The monoisotopic (exact) mass is 402 g/mol. The number of hydrogen-bond donors (Lipinski definition) is 1. The molecule has 0 atom stereocenters. The number of anilines is 2. The topological polar surface area (TPSA) is 60.6 Å². The summed E-state index contributed by atoms with van der Waals surface area (Å²) in [5.74, 6) is 0.434. The Morgan fingerprint density at radius 1 is 1.11 bits per heavy atom. The number of rotatable bonds is 5. The van der Waals surface area contributed by atoms with Crippen molar-refractivity contribution in [3.63, 3.8) is 0 Å². The van der Waals surface area contributed by atoms with Crippen LogP contribution in [0.2, 0.25) is 0 Å². The van der Waals surface area contributed by atoms with Gasteiger partial charge in [-0.05, 0) is 72.5 Å². The molecule has 0 bridgehead atoms. The van der Waals surface area contributed by atoms with Gasteiger partial charge in [0.25, 0.3) is 0 Å². The molecule has 5 rings (SSSR count). The van der Waals surface area contributed by atoms with E-state index in [1.54, 1.807) is 10.9 Å². The van der Waals surface area contributed by atoms with Crippen molar-refractivity contribution >= 4 is 35.7 Å². The van der Waals surface area contributed by atoms with Crippen LogP contribution in [-0.4, -0.2) is 24.0 Å². The van der Waals surface area contributed by atoms with Crippen LogP contribution in [0.3, 0.4) is 0 Å². The first-order valence-corrected chi connectivity index (χ1v) is 10.6. The number of fused-ring (bicyclic) bond motifs is 2. The molecule has 0 radical (unpaired) electrons. The minimum absolute atomic E-state index is 0.0642. The second-order valence-electron chi connectivity index (χ2n) is 6.97. The van der Waals surface area contributed by atoms with E-state index in [1.807, 2.05) is 13.2 Å². The Kier molecular flexibility index (Phi) is 4.35. The van der Waals surface area contributed by atoms with Gasteiger partial charge >= 0.3 is 0 Å². The summed E-state index contributed by atoms with van der Waals surface area (Å²) < 4.78 is 16.4. The predicted molar refractivity (Wildman–Crippen MR) is 105 cm³/mol. The van der Waals surface area contributed by atoms with E-state index in [0.29, 0.717) is 11.1 Å². The van der Waals surface area contributed by atoms with E-state index in [1.165, 1.54) is 50.9 Å². The predicted octanol–water partition coefficient (Wildman–Crippen LogP) is 4.26. The number of hydrogen-bond acceptors (Lipinski definition) is 6. The van der Waals surface area contributed by atoms with Gasteiger partial charge in [0, 0.05) is 18.9 Å². The summed E-state index contributed by atoms with van der Waals surface area (Å²) in [6, 6.07) is 2.38. The second-order valence-corrected chi connectivity index (χ2v) is 8.50. The lowest BCUT2D eigenvalue weighted by Gasteiger charge is -2.16. The first-order valence-electron chi connectivity index (χ1n) is 9.07. The van der Waals surface area contributed by atoms with Crippen molar-refractivity contribution in [2.24, 2.45) is 7.05 Å². The lowest BCUT2D eigenvalue weighted by molar-refractivity contribution is 0.766. The fourth-order valence-corrected chi connectivity index (χ4v) is 5.17. The lowest BCUT2D eigenvalue weighted by Crippen LogP contribution is -2.05. The van der Waals surface area contributed by atoms with Crippen LogP contribution in [0.25, 0.3) is 0 Å². The smallest absolute Gasteiger partial charge is 0.239 e. The van der Waals surface area contributed by atoms with Crippen LogP contribution >= 0.6 is 24.1 Å². The first-order chi connectivity index (χ1) is 13.2. The third kappa shape index (κ3) is 3.12. The number of nitrogens with zero attached hydrogens (tertiary/aromatic N) is 5. The Balaban J connectivity index is 1.49. The number of aryl methyl sites for hydroxylation is 3. The molecule has 27 heavy (non-hydrogen) atoms. The average molecular weight is 403 g/mol. The number of nitrogens with one attached hydrogen (secondary N) is 1. The number of aromatic nitrogens is 5. The van der Waals surface area contributed by atoms with E-state index in [4.69, 9.17) is 0 Å². The maximum absolute atomic E-state index is 13.5. The van der Waals surface area contributed by atoms with E-state index in [0.717, 1.165) is 36.3 Å². The Hall–Kier alpha value is -2.00. The van der Waals surface area contributed by atoms with Crippen molar-refractivity contribution in [2.75, 3.05) is 5.32 Å². The molecule has 0 saturated carbocycles. The summed E-state index contributed by atoms with van der Waals surface area (Å²) in [6.45, 7) is 0. The highest BCUT2D eigenvalue weighted by Gasteiger charge is 2.25. The quantitative estimate of drug-likeness (QED) is 0.688. The van der Waals surface area contributed by atoms with Gasteiger partial charge in [-0.1, -0.05) is 6.07 Å². The zero-order valence-electron chi connectivity index (χ0n) is 14.9. The van der Waals surface area contributed by atoms with Crippen LogP contribution in [0, 0.1) is 0 Å². The van der Waals surface area contributed by atoms with Gasteiger partial charge in [-0.25, -0.2) is 0 Å². The third-order valence-electron chi connectivity index (χ3n) is 5.22. The van der Waals surface area contributed by atoms with Crippen molar-refractivity contribution in [1.82, 2.24) is 24.0 Å². The molecule has 9 heteroatoms. The Labute approximate surface area is 165 Å². The van der Waals surface area contributed by atoms with Crippen LogP contribution in [0.4, 0.5) is 15.5 Å². The molecule has 0 aliphatic heterocycles. The van der Waals surface area contributed by atoms with Gasteiger partial charge in [-0.3, -0.25) is 4.68 Å². The van der Waals surface area contributed by atoms with Gasteiger partial charge in [-0.15, -0.1) is 13.1 Å². The Morgan fingerprint density at radius 3 is 2.48 bits per heavy atom. The fraction of sp³-hybridized carbons (Fsp3) is 0.389. The summed E-state index contributed by atoms with van der Waals surface area (Å²) in [7, 11) is 1.86. The zero-order chi connectivity index (χ0) is 18.4. The van der Waals surface area contributed by atoms with Crippen molar-refractivity contribution in [2.45, 2.75) is 48.6 Å². The minimum atomic E-state index is 0.0642. The first kappa shape index (κ1) is 17.1. The molecule has 0 fully saturated rings. The highest BCUT2D eigenvalue weighted by molar-refractivity contribution is 7.99. The standard InChI is InChI=1S/C18H19FN6S2/c1-24-10-13(9-20-24)26-18-22-17(25(23-18)27-19)21-16-14-6-2-4-11(14)8-12-5-3-7-15(12)16/h8-10H,2-7H2,1H3,(H,21,22,23). The molecule has 2 aliphatic carbocycles. The summed E-state index contributed by atoms with van der Waals surface area (Å²) in [6.07, 6.45) is 10.4. The molecule has 2 aromatic heterocycles. The van der Waals surface area contributed by atoms with E-state index < -0.39 is 0 Å². The maximum atomic E-state index is 13.5. The molecule has 0 amide bonds. The molecule has 6 nitrogen and oxygen atoms in total. The SMILES string of the molecule is Cn1cc(Sc2nc(Nc3c4c(cc5c3CCC5)CCC4)n(SF)n2)cn1. The van der Waals surface area contributed by atoms with Gasteiger partial charge in [0.1, 0.15) is 0 Å². The molecule has 1 aromatic carbocycles. The van der Waals surface area contributed by atoms with Crippen molar-refractivity contribution in [3.05, 3.63) is 40.7 Å². The van der Waals surface area contributed by atoms with Crippen LogP contribution in [0.1, 0.15) is 35.1 Å². The Bertz CT molecular complexity index is 979. The van der Waals surface area contributed by atoms with Crippen LogP contribution < -0.4 is 5.32 Å². The average Bonchev–Trinajstić information content (AvgIpc) is 3.42. The normalized spacial score (nSPS) is 15.2. The van der Waals surface area contributed by atoms with Crippen LogP contribution in [-0.2, 0) is 32.7 Å². The summed E-state index contributed by atoms with van der Waals surface area (Å²) in [5, 5.41) is 12.4. The highest BCUT2D eigenvalue weighted by atomic mass is 32.2. The highest BCUT2D eigenvalue weighted by Crippen LogP contribution is 2.40. The molecular formula is C18H19FN6S2. The largest absolute Gasteiger partial charge is 0.323 e. The molecule has 2 heterocycles. The molecule has 0 unspecified atom stereocenters. The molecule has 2 aliphatic rings. The van der Waals surface area contributed by atoms with Gasteiger partial charge in [0.05, 0.1) is 11.1 Å². The van der Waals surface area contributed by atoms with Gasteiger partial charge < -0.3 is 5.32 Å². The van der Waals surface area contributed by atoms with Crippen LogP contribution in [0.15, 0.2) is 28.5 Å². The number of benzene rings is 1. The van der Waals surface area contributed by atoms with Gasteiger partial charge in [0.2, 0.25) is 11.1 Å². The van der Waals surface area contributed by atoms with E-state index in [9.17, 15) is 3.89 Å². The number of halogens is 1. The molecule has 0 saturated heterocycles. The lowest BCUT2D eigenvalue weighted by atomic mass is 9.99. The fourth-order valence-electron chi connectivity index (χ4n) is 4.08. The zero-order valence-corrected chi connectivity index (χ0v) is 16.5. The minimum Gasteiger partial charge on any atom is -0.323 e. The van der Waals surface area contributed by atoms with Crippen LogP contribution in [0.5, 0.6) is 0 Å². The van der Waals surface area contributed by atoms with Gasteiger partial charge in [-0.2, -0.15) is 10.1 Å². The van der Waals surface area contributed by atoms with Gasteiger partial charge in [0.15, 0.2) is 12.3 Å². The second kappa shape index (κ2) is 6.87. The third-order valence-corrected chi connectivity index (χ3v) is 6.41. The molecule has 0 spiro atoms. The van der Waals surface area contributed by atoms with Crippen molar-refractivity contribution < 1.29 is 3.89 Å². The molecule has 3 aromatic rings. The molecule has 140 valence electrons. The van der Waals surface area contributed by atoms with E-state index in [2.05, 4.69) is 26.6 Å². The summed E-state index contributed by atoms with van der Waals surface area (Å²) in [4.78, 5) is 5.46. The summed E-state index contributed by atoms with van der Waals surface area (Å²) >= 11 is 1.44. The summed E-state index contributed by atoms with van der Waals surface area (Å²) in [5.41, 5.74) is 6.74. The van der Waals surface area contributed by atoms with Crippen molar-refractivity contribution in [3.8, 4) is 0 Å². The molecule has 1 N–H and O–H groups in total. The van der Waals surface area contributed by atoms with Crippen molar-refractivity contribution in [1.29, 1.82) is 0 Å². The Morgan fingerprint density at radius 2 is 1.85 bits per heavy atom. The maximum Gasteiger partial charge on any atom is 0.239 e.